The molecule has 0 radical (unpaired) electrons. The highest BCUT2D eigenvalue weighted by molar-refractivity contribution is 5.99. The Hall–Kier alpha value is -2.62. The normalized spacial score (nSPS) is 23.7. The van der Waals surface area contributed by atoms with Crippen LogP contribution in [0.3, 0.4) is 0 Å². The number of amides is 1. The van der Waals surface area contributed by atoms with Crippen LogP contribution >= 0.6 is 0 Å². The van der Waals surface area contributed by atoms with E-state index in [0.29, 0.717) is 12.0 Å². The lowest BCUT2D eigenvalue weighted by Crippen LogP contribution is -2.49. The highest BCUT2D eigenvalue weighted by atomic mass is 16.6. The van der Waals surface area contributed by atoms with Crippen molar-refractivity contribution < 1.29 is 14.3 Å². The molecule has 2 aromatic carbocycles. The van der Waals surface area contributed by atoms with Crippen LogP contribution in [-0.2, 0) is 9.53 Å². The molecule has 1 heterocycles. The quantitative estimate of drug-likeness (QED) is 0.815. The minimum Gasteiger partial charge on any atom is -0.435 e. The standard InChI is InChI=1S/C19H19NO3/c1-3-19(2)18(22)23-17(15-12-8-5-9-13-15)20(19)16(21)14-10-6-4-7-11-14/h4-13,17H,3H2,1-2H3/t17-,19+/m0/s1. The number of carbonyl (C=O) groups is 2. The zero-order valence-corrected chi connectivity index (χ0v) is 13.2. The summed E-state index contributed by atoms with van der Waals surface area (Å²) in [5.41, 5.74) is 0.377. The number of cyclic esters (lactones) is 1. The Balaban J connectivity index is 2.07. The number of nitrogens with zero attached hydrogens (tertiary/aromatic N) is 1. The third-order valence-electron chi connectivity index (χ3n) is 4.44. The molecule has 2 atom stereocenters. The maximum absolute atomic E-state index is 13.0. The second-order valence-corrected chi connectivity index (χ2v) is 5.84. The summed E-state index contributed by atoms with van der Waals surface area (Å²) in [5.74, 6) is -0.562. The van der Waals surface area contributed by atoms with E-state index in [-0.39, 0.29) is 11.9 Å². The molecule has 1 fully saturated rings. The lowest BCUT2D eigenvalue weighted by atomic mass is 9.96. The van der Waals surface area contributed by atoms with Crippen LogP contribution in [0.2, 0.25) is 0 Å². The third-order valence-corrected chi connectivity index (χ3v) is 4.44. The predicted octanol–water partition coefficient (Wildman–Crippen LogP) is 3.55. The van der Waals surface area contributed by atoms with E-state index < -0.39 is 11.8 Å². The third kappa shape index (κ3) is 2.50. The summed E-state index contributed by atoms with van der Waals surface area (Å²) in [7, 11) is 0. The van der Waals surface area contributed by atoms with E-state index >= 15 is 0 Å². The zero-order valence-electron chi connectivity index (χ0n) is 13.2. The predicted molar refractivity (Wildman–Crippen MR) is 86.6 cm³/mol. The van der Waals surface area contributed by atoms with Gasteiger partial charge in [0.25, 0.3) is 5.91 Å². The van der Waals surface area contributed by atoms with Crippen molar-refractivity contribution in [2.45, 2.75) is 32.0 Å². The lowest BCUT2D eigenvalue weighted by Gasteiger charge is -2.33. The first kappa shape index (κ1) is 15.3. The number of benzene rings is 2. The van der Waals surface area contributed by atoms with Gasteiger partial charge in [0.05, 0.1) is 0 Å². The van der Waals surface area contributed by atoms with Gasteiger partial charge in [-0.15, -0.1) is 0 Å². The van der Waals surface area contributed by atoms with Crippen molar-refractivity contribution in [2.24, 2.45) is 0 Å². The van der Waals surface area contributed by atoms with Gasteiger partial charge in [-0.25, -0.2) is 4.79 Å². The number of ether oxygens (including phenoxy) is 1. The number of carbonyl (C=O) groups excluding carboxylic acids is 2. The van der Waals surface area contributed by atoms with E-state index in [1.807, 2.05) is 55.5 Å². The first-order chi connectivity index (χ1) is 11.1. The Kier molecular flexibility index (Phi) is 3.90. The van der Waals surface area contributed by atoms with Crippen LogP contribution in [0.4, 0.5) is 0 Å². The number of hydrogen-bond donors (Lipinski definition) is 0. The summed E-state index contributed by atoms with van der Waals surface area (Å²) in [6.45, 7) is 3.65. The molecule has 2 aromatic rings. The van der Waals surface area contributed by atoms with Crippen LogP contribution in [0.1, 0.15) is 42.4 Å². The zero-order chi connectivity index (χ0) is 16.4. The van der Waals surface area contributed by atoms with Gasteiger partial charge in [-0.05, 0) is 25.5 Å². The molecule has 0 bridgehead atoms. The van der Waals surface area contributed by atoms with Gasteiger partial charge in [0.2, 0.25) is 6.23 Å². The molecule has 1 aliphatic rings. The molecular weight excluding hydrogens is 290 g/mol. The van der Waals surface area contributed by atoms with Gasteiger partial charge in [-0.3, -0.25) is 9.69 Å². The van der Waals surface area contributed by atoms with Crippen molar-refractivity contribution in [3.63, 3.8) is 0 Å². The fraction of sp³-hybridized carbons (Fsp3) is 0.263. The van der Waals surface area contributed by atoms with E-state index in [1.54, 1.807) is 24.0 Å². The highest BCUT2D eigenvalue weighted by Crippen LogP contribution is 2.40. The second kappa shape index (κ2) is 5.88. The molecule has 0 unspecified atom stereocenters. The number of rotatable bonds is 3. The molecule has 1 amide bonds. The van der Waals surface area contributed by atoms with Gasteiger partial charge in [-0.2, -0.15) is 0 Å². The molecule has 1 saturated heterocycles. The van der Waals surface area contributed by atoms with E-state index in [0.717, 1.165) is 5.56 Å². The van der Waals surface area contributed by atoms with Crippen molar-refractivity contribution >= 4 is 11.9 Å². The van der Waals surface area contributed by atoms with Gasteiger partial charge < -0.3 is 4.74 Å². The summed E-state index contributed by atoms with van der Waals surface area (Å²) < 4.78 is 5.58. The van der Waals surface area contributed by atoms with Crippen molar-refractivity contribution in [1.29, 1.82) is 0 Å². The number of esters is 1. The van der Waals surface area contributed by atoms with E-state index in [4.69, 9.17) is 4.74 Å². The van der Waals surface area contributed by atoms with Crippen LogP contribution in [0.25, 0.3) is 0 Å². The molecular formula is C19H19NO3. The minimum atomic E-state index is -0.965. The van der Waals surface area contributed by atoms with E-state index in [2.05, 4.69) is 0 Å². The van der Waals surface area contributed by atoms with Gasteiger partial charge in [-0.1, -0.05) is 55.5 Å². The molecule has 4 heteroatoms. The fourth-order valence-electron chi connectivity index (χ4n) is 2.84. The average Bonchev–Trinajstić information content (AvgIpc) is 2.88. The van der Waals surface area contributed by atoms with Gasteiger partial charge >= 0.3 is 5.97 Å². The second-order valence-electron chi connectivity index (χ2n) is 5.84. The van der Waals surface area contributed by atoms with Crippen LogP contribution in [-0.4, -0.2) is 22.3 Å². The Morgan fingerprint density at radius 2 is 1.65 bits per heavy atom. The first-order valence-corrected chi connectivity index (χ1v) is 7.72. The van der Waals surface area contributed by atoms with Crippen LogP contribution in [0, 0.1) is 0 Å². The largest absolute Gasteiger partial charge is 0.435 e. The Morgan fingerprint density at radius 1 is 1.09 bits per heavy atom. The SMILES string of the molecule is CC[C@]1(C)C(=O)O[C@@H](c2ccccc2)N1C(=O)c1ccccc1. The van der Waals surface area contributed by atoms with Crippen molar-refractivity contribution in [1.82, 2.24) is 4.90 Å². The molecule has 3 rings (SSSR count). The Labute approximate surface area is 135 Å². The summed E-state index contributed by atoms with van der Waals surface area (Å²) in [5, 5.41) is 0. The maximum atomic E-state index is 13.0. The van der Waals surface area contributed by atoms with Crippen LogP contribution in [0.5, 0.6) is 0 Å². The summed E-state index contributed by atoms with van der Waals surface area (Å²) >= 11 is 0. The Bertz CT molecular complexity index is 714. The molecule has 0 aliphatic carbocycles. The maximum Gasteiger partial charge on any atom is 0.334 e. The molecule has 0 saturated carbocycles. The minimum absolute atomic E-state index is 0.199. The monoisotopic (exact) mass is 309 g/mol. The van der Waals surface area contributed by atoms with Gasteiger partial charge in [0.15, 0.2) is 0 Å². The van der Waals surface area contributed by atoms with Gasteiger partial charge in [0.1, 0.15) is 5.54 Å². The summed E-state index contributed by atoms with van der Waals surface area (Å²) in [6, 6.07) is 18.4. The molecule has 0 spiro atoms. The molecule has 4 nitrogen and oxygen atoms in total. The summed E-state index contributed by atoms with van der Waals surface area (Å²) in [6.07, 6.45) is -0.199. The van der Waals surface area contributed by atoms with E-state index in [1.165, 1.54) is 0 Å². The topological polar surface area (TPSA) is 46.6 Å². The van der Waals surface area contributed by atoms with Crippen LogP contribution < -0.4 is 0 Å². The highest BCUT2D eigenvalue weighted by Gasteiger charge is 2.53. The smallest absolute Gasteiger partial charge is 0.334 e. The van der Waals surface area contributed by atoms with Crippen molar-refractivity contribution in [3.8, 4) is 0 Å². The summed E-state index contributed by atoms with van der Waals surface area (Å²) in [4.78, 5) is 27.1. The van der Waals surface area contributed by atoms with E-state index in [9.17, 15) is 9.59 Å². The molecule has 1 aliphatic heterocycles. The Morgan fingerprint density at radius 3 is 2.22 bits per heavy atom. The molecule has 23 heavy (non-hydrogen) atoms. The molecule has 0 aromatic heterocycles. The lowest BCUT2D eigenvalue weighted by molar-refractivity contribution is -0.145. The van der Waals surface area contributed by atoms with Crippen LogP contribution in [0.15, 0.2) is 60.7 Å². The first-order valence-electron chi connectivity index (χ1n) is 7.72. The van der Waals surface area contributed by atoms with Crippen molar-refractivity contribution in [2.75, 3.05) is 0 Å². The van der Waals surface area contributed by atoms with Gasteiger partial charge in [0, 0.05) is 11.1 Å². The fourth-order valence-corrected chi connectivity index (χ4v) is 2.84. The number of hydrogen-bond acceptors (Lipinski definition) is 3. The molecule has 0 N–H and O–H groups in total. The average molecular weight is 309 g/mol. The van der Waals surface area contributed by atoms with Crippen molar-refractivity contribution in [3.05, 3.63) is 71.8 Å². The molecule has 118 valence electrons.